The van der Waals surface area contributed by atoms with Gasteiger partial charge in [-0.25, -0.2) is 13.4 Å². The van der Waals surface area contributed by atoms with Crippen molar-refractivity contribution >= 4 is 26.8 Å². The van der Waals surface area contributed by atoms with Crippen LogP contribution in [0.4, 0.5) is 0 Å². The summed E-state index contributed by atoms with van der Waals surface area (Å²) in [5, 5.41) is 7.96. The number of amides is 1. The van der Waals surface area contributed by atoms with E-state index in [2.05, 4.69) is 15.4 Å². The van der Waals surface area contributed by atoms with Crippen LogP contribution in [-0.4, -0.2) is 35.3 Å². The molecule has 1 amide bonds. The zero-order chi connectivity index (χ0) is 21.5. The van der Waals surface area contributed by atoms with Crippen molar-refractivity contribution in [1.29, 1.82) is 0 Å². The molecule has 9 heteroatoms. The number of aromatic nitrogens is 3. The number of carbonyl (C=O) groups excluding carboxylic acids is 1. The summed E-state index contributed by atoms with van der Waals surface area (Å²) in [6.07, 6.45) is 2.71. The molecule has 0 unspecified atom stereocenters. The van der Waals surface area contributed by atoms with Crippen LogP contribution in [0, 0.1) is 6.92 Å². The Morgan fingerprint density at radius 2 is 1.93 bits per heavy atom. The molecule has 0 aliphatic carbocycles. The average Bonchev–Trinajstić information content (AvgIpc) is 3.34. The topological polar surface area (TPSA) is 107 Å². The van der Waals surface area contributed by atoms with Gasteiger partial charge in [0, 0.05) is 19.8 Å². The Kier molecular flexibility index (Phi) is 4.90. The number of rotatable bonds is 5. The highest BCUT2D eigenvalue weighted by molar-refractivity contribution is 7.90. The molecule has 0 bridgehead atoms. The van der Waals surface area contributed by atoms with Crippen molar-refractivity contribution in [3.05, 3.63) is 65.5 Å². The van der Waals surface area contributed by atoms with Crippen LogP contribution in [0.25, 0.3) is 22.5 Å². The van der Waals surface area contributed by atoms with Gasteiger partial charge in [0.05, 0.1) is 27.8 Å². The standard InChI is InChI=1S/C21H20N4O4S/c1-13-19-16(11-17(18-5-4-10-29-18)23-20(19)25(2)24-13)21(26)22-12-14-6-8-15(9-7-14)30(3,27)28/h4-11H,12H2,1-3H3,(H,22,26). The second-order valence-electron chi connectivity index (χ2n) is 7.04. The maximum Gasteiger partial charge on any atom is 0.252 e. The first-order valence-corrected chi connectivity index (χ1v) is 11.1. The SMILES string of the molecule is Cc1nn(C)c2nc(-c3ccco3)cc(C(=O)NCc3ccc(S(C)(=O)=O)cc3)c12. The largest absolute Gasteiger partial charge is 0.463 e. The fourth-order valence-corrected chi connectivity index (χ4v) is 3.94. The average molecular weight is 424 g/mol. The van der Waals surface area contributed by atoms with Gasteiger partial charge in [0.25, 0.3) is 5.91 Å². The van der Waals surface area contributed by atoms with E-state index >= 15 is 0 Å². The number of nitrogens with zero attached hydrogens (tertiary/aromatic N) is 3. The predicted molar refractivity (Wildman–Crippen MR) is 112 cm³/mol. The highest BCUT2D eigenvalue weighted by atomic mass is 32.2. The lowest BCUT2D eigenvalue weighted by Gasteiger charge is -2.09. The summed E-state index contributed by atoms with van der Waals surface area (Å²) < 4.78 is 30.3. The Labute approximate surface area is 173 Å². The van der Waals surface area contributed by atoms with E-state index in [-0.39, 0.29) is 17.3 Å². The first kappa shape index (κ1) is 19.8. The van der Waals surface area contributed by atoms with Crippen LogP contribution < -0.4 is 5.32 Å². The van der Waals surface area contributed by atoms with E-state index < -0.39 is 9.84 Å². The molecule has 0 fully saturated rings. The third-order valence-electron chi connectivity index (χ3n) is 4.79. The number of nitrogens with one attached hydrogen (secondary N) is 1. The summed E-state index contributed by atoms with van der Waals surface area (Å²) in [5.74, 6) is 0.277. The van der Waals surface area contributed by atoms with Gasteiger partial charge in [-0.2, -0.15) is 5.10 Å². The van der Waals surface area contributed by atoms with Crippen molar-refractivity contribution in [3.63, 3.8) is 0 Å². The van der Waals surface area contributed by atoms with Gasteiger partial charge in [0.2, 0.25) is 0 Å². The zero-order valence-corrected chi connectivity index (χ0v) is 17.5. The number of hydrogen-bond acceptors (Lipinski definition) is 6. The molecule has 0 saturated carbocycles. The first-order chi connectivity index (χ1) is 14.2. The zero-order valence-electron chi connectivity index (χ0n) is 16.7. The van der Waals surface area contributed by atoms with Crippen molar-refractivity contribution in [2.24, 2.45) is 7.05 Å². The van der Waals surface area contributed by atoms with Crippen molar-refractivity contribution in [2.45, 2.75) is 18.4 Å². The quantitative estimate of drug-likeness (QED) is 0.528. The Bertz CT molecular complexity index is 1340. The molecule has 8 nitrogen and oxygen atoms in total. The Morgan fingerprint density at radius 3 is 2.57 bits per heavy atom. The lowest BCUT2D eigenvalue weighted by atomic mass is 10.1. The Morgan fingerprint density at radius 1 is 1.20 bits per heavy atom. The summed E-state index contributed by atoms with van der Waals surface area (Å²) in [5.41, 5.74) is 3.07. The third-order valence-corrected chi connectivity index (χ3v) is 5.92. The smallest absolute Gasteiger partial charge is 0.252 e. The molecule has 0 saturated heterocycles. The molecule has 0 spiro atoms. The van der Waals surface area contributed by atoms with E-state index in [1.54, 1.807) is 48.3 Å². The fourth-order valence-electron chi connectivity index (χ4n) is 3.31. The highest BCUT2D eigenvalue weighted by Crippen LogP contribution is 2.27. The molecular formula is C21H20N4O4S. The van der Waals surface area contributed by atoms with Gasteiger partial charge in [0.1, 0.15) is 5.69 Å². The molecule has 30 heavy (non-hydrogen) atoms. The van der Waals surface area contributed by atoms with Gasteiger partial charge < -0.3 is 9.73 Å². The first-order valence-electron chi connectivity index (χ1n) is 9.19. The molecule has 3 aromatic heterocycles. The summed E-state index contributed by atoms with van der Waals surface area (Å²) in [6, 6.07) is 11.7. The van der Waals surface area contributed by atoms with Crippen molar-refractivity contribution in [3.8, 4) is 11.5 Å². The van der Waals surface area contributed by atoms with E-state index in [4.69, 9.17) is 4.42 Å². The minimum absolute atomic E-state index is 0.238. The normalized spacial score (nSPS) is 11.7. The van der Waals surface area contributed by atoms with E-state index in [0.29, 0.717) is 33.7 Å². The second kappa shape index (κ2) is 7.42. The second-order valence-corrected chi connectivity index (χ2v) is 9.05. The molecule has 4 rings (SSSR count). The number of furan rings is 1. The molecular weight excluding hydrogens is 404 g/mol. The molecule has 0 radical (unpaired) electrons. The molecule has 0 atom stereocenters. The van der Waals surface area contributed by atoms with Gasteiger partial charge in [-0.15, -0.1) is 0 Å². The van der Waals surface area contributed by atoms with Crippen LogP contribution in [0.5, 0.6) is 0 Å². The van der Waals surface area contributed by atoms with Crippen LogP contribution in [0.2, 0.25) is 0 Å². The number of hydrogen-bond donors (Lipinski definition) is 1. The van der Waals surface area contributed by atoms with Crippen molar-refractivity contribution in [2.75, 3.05) is 6.26 Å². The molecule has 154 valence electrons. The Hall–Kier alpha value is -3.46. The molecule has 3 heterocycles. The minimum atomic E-state index is -3.26. The maximum atomic E-state index is 13.0. The van der Waals surface area contributed by atoms with E-state index in [1.807, 2.05) is 6.92 Å². The number of fused-ring (bicyclic) bond motifs is 1. The monoisotopic (exact) mass is 424 g/mol. The minimum Gasteiger partial charge on any atom is -0.463 e. The van der Waals surface area contributed by atoms with Gasteiger partial charge in [0.15, 0.2) is 21.2 Å². The van der Waals surface area contributed by atoms with Crippen molar-refractivity contribution in [1.82, 2.24) is 20.1 Å². The van der Waals surface area contributed by atoms with Gasteiger partial charge >= 0.3 is 0 Å². The van der Waals surface area contributed by atoms with Crippen LogP contribution >= 0.6 is 0 Å². The van der Waals surface area contributed by atoms with E-state index in [1.165, 1.54) is 12.1 Å². The maximum absolute atomic E-state index is 13.0. The predicted octanol–water partition coefficient (Wildman–Crippen LogP) is 2.87. The van der Waals surface area contributed by atoms with Gasteiger partial charge in [-0.05, 0) is 42.8 Å². The number of carbonyl (C=O) groups is 1. The molecule has 4 aromatic rings. The summed E-state index contributed by atoms with van der Waals surface area (Å²) in [7, 11) is -1.48. The molecule has 0 aliphatic heterocycles. The molecule has 1 N–H and O–H groups in total. The van der Waals surface area contributed by atoms with Crippen molar-refractivity contribution < 1.29 is 17.6 Å². The number of benzene rings is 1. The molecule has 0 aliphatic rings. The summed E-state index contributed by atoms with van der Waals surface area (Å²) in [4.78, 5) is 17.9. The summed E-state index contributed by atoms with van der Waals surface area (Å²) >= 11 is 0. The number of sulfone groups is 1. The van der Waals surface area contributed by atoms with Crippen LogP contribution in [0.15, 0.2) is 58.0 Å². The molecule has 1 aromatic carbocycles. The lowest BCUT2D eigenvalue weighted by Crippen LogP contribution is -2.23. The van der Waals surface area contributed by atoms with Gasteiger partial charge in [-0.3, -0.25) is 9.48 Å². The fraction of sp³-hybridized carbons (Fsp3) is 0.190. The van der Waals surface area contributed by atoms with Crippen LogP contribution in [0.3, 0.4) is 0 Å². The lowest BCUT2D eigenvalue weighted by molar-refractivity contribution is 0.0952. The van der Waals surface area contributed by atoms with Gasteiger partial charge in [-0.1, -0.05) is 12.1 Å². The Balaban J connectivity index is 1.65. The summed E-state index contributed by atoms with van der Waals surface area (Å²) in [6.45, 7) is 2.08. The number of aryl methyl sites for hydroxylation is 2. The number of pyridine rings is 1. The van der Waals surface area contributed by atoms with E-state index in [0.717, 1.165) is 11.8 Å². The third kappa shape index (κ3) is 3.71. The van der Waals surface area contributed by atoms with E-state index in [9.17, 15) is 13.2 Å². The highest BCUT2D eigenvalue weighted by Gasteiger charge is 2.20. The van der Waals surface area contributed by atoms with Crippen LogP contribution in [0.1, 0.15) is 21.6 Å². The van der Waals surface area contributed by atoms with Crippen LogP contribution in [-0.2, 0) is 23.4 Å².